The fourth-order valence-electron chi connectivity index (χ4n) is 2.79. The summed E-state index contributed by atoms with van der Waals surface area (Å²) >= 11 is 0. The number of fused-ring (bicyclic) bond motifs is 1. The summed E-state index contributed by atoms with van der Waals surface area (Å²) in [6.07, 6.45) is 6.23. The van der Waals surface area contributed by atoms with Crippen LogP contribution in [0.1, 0.15) is 32.1 Å². The Labute approximate surface area is 67.1 Å². The molecule has 2 aliphatic carbocycles. The van der Waals surface area contributed by atoms with Crippen molar-refractivity contribution in [1.82, 2.24) is 0 Å². The van der Waals surface area contributed by atoms with E-state index in [0.29, 0.717) is 0 Å². The molecule has 2 atom stereocenters. The van der Waals surface area contributed by atoms with E-state index in [9.17, 15) is 4.79 Å². The fraction of sp³-hybridized carbons (Fsp3) is 0.889. The number of hydrogen-bond acceptors (Lipinski definition) is 1. The van der Waals surface area contributed by atoms with Crippen LogP contribution in [0.25, 0.3) is 0 Å². The first-order valence-corrected chi connectivity index (χ1v) is 4.56. The van der Waals surface area contributed by atoms with E-state index < -0.39 is 0 Å². The van der Waals surface area contributed by atoms with Crippen molar-refractivity contribution >= 4 is 5.91 Å². The summed E-state index contributed by atoms with van der Waals surface area (Å²) in [6.45, 7) is 0. The smallest absolute Gasteiger partial charge is 0.220 e. The van der Waals surface area contributed by atoms with Crippen LogP contribution in [-0.4, -0.2) is 5.91 Å². The standard InChI is InChI=1S/C9H15NO/c10-9(11)8-4-6-2-1-3-7(6)5-8/h6-8H,1-5H2,(H2,10,11). The van der Waals surface area contributed by atoms with Crippen molar-refractivity contribution in [1.29, 1.82) is 0 Å². The van der Waals surface area contributed by atoms with Gasteiger partial charge in [-0.25, -0.2) is 0 Å². The highest BCUT2D eigenvalue weighted by molar-refractivity contribution is 5.77. The summed E-state index contributed by atoms with van der Waals surface area (Å²) in [7, 11) is 0. The van der Waals surface area contributed by atoms with Crippen molar-refractivity contribution in [2.75, 3.05) is 0 Å². The van der Waals surface area contributed by atoms with Gasteiger partial charge in [-0.1, -0.05) is 19.3 Å². The van der Waals surface area contributed by atoms with Crippen molar-refractivity contribution in [2.24, 2.45) is 23.5 Å². The van der Waals surface area contributed by atoms with Crippen LogP contribution in [0.15, 0.2) is 0 Å². The third-order valence-electron chi connectivity index (χ3n) is 3.39. The van der Waals surface area contributed by atoms with Crippen LogP contribution in [0.3, 0.4) is 0 Å². The van der Waals surface area contributed by atoms with E-state index in [1.54, 1.807) is 0 Å². The molecule has 0 aliphatic heterocycles. The van der Waals surface area contributed by atoms with Crippen molar-refractivity contribution in [3.05, 3.63) is 0 Å². The predicted molar refractivity (Wildman–Crippen MR) is 42.7 cm³/mol. The largest absolute Gasteiger partial charge is 0.369 e. The summed E-state index contributed by atoms with van der Waals surface area (Å²) in [5.74, 6) is 1.82. The van der Waals surface area contributed by atoms with Gasteiger partial charge in [0.1, 0.15) is 0 Å². The zero-order chi connectivity index (χ0) is 7.84. The molecule has 2 fully saturated rings. The lowest BCUT2D eigenvalue weighted by atomic mass is 10.0. The van der Waals surface area contributed by atoms with Crippen molar-refractivity contribution in [2.45, 2.75) is 32.1 Å². The maximum absolute atomic E-state index is 10.9. The van der Waals surface area contributed by atoms with Gasteiger partial charge in [0.2, 0.25) is 5.91 Å². The zero-order valence-electron chi connectivity index (χ0n) is 6.75. The number of nitrogens with two attached hydrogens (primary N) is 1. The highest BCUT2D eigenvalue weighted by Crippen LogP contribution is 2.46. The molecule has 0 radical (unpaired) electrons. The number of carbonyl (C=O) groups is 1. The van der Waals surface area contributed by atoms with Gasteiger partial charge < -0.3 is 5.73 Å². The highest BCUT2D eigenvalue weighted by atomic mass is 16.1. The molecule has 0 aromatic carbocycles. The van der Waals surface area contributed by atoms with E-state index in [0.717, 1.165) is 24.7 Å². The molecule has 2 nitrogen and oxygen atoms in total. The van der Waals surface area contributed by atoms with Crippen LogP contribution in [-0.2, 0) is 4.79 Å². The summed E-state index contributed by atoms with van der Waals surface area (Å²) in [5, 5.41) is 0. The minimum atomic E-state index is -0.0700. The maximum Gasteiger partial charge on any atom is 0.220 e. The Balaban J connectivity index is 1.99. The molecule has 62 valence electrons. The number of primary amides is 1. The average Bonchev–Trinajstić information content (AvgIpc) is 2.40. The van der Waals surface area contributed by atoms with Gasteiger partial charge in [-0.15, -0.1) is 0 Å². The first-order chi connectivity index (χ1) is 5.27. The van der Waals surface area contributed by atoms with E-state index in [2.05, 4.69) is 0 Å². The number of rotatable bonds is 1. The van der Waals surface area contributed by atoms with E-state index in [1.165, 1.54) is 19.3 Å². The predicted octanol–water partition coefficient (Wildman–Crippen LogP) is 1.30. The van der Waals surface area contributed by atoms with E-state index in [1.807, 2.05) is 0 Å². The van der Waals surface area contributed by atoms with Crippen LogP contribution in [0.5, 0.6) is 0 Å². The fourth-order valence-corrected chi connectivity index (χ4v) is 2.79. The molecule has 2 saturated carbocycles. The third-order valence-corrected chi connectivity index (χ3v) is 3.39. The Kier molecular flexibility index (Phi) is 1.63. The maximum atomic E-state index is 10.9. The molecule has 11 heavy (non-hydrogen) atoms. The zero-order valence-corrected chi connectivity index (χ0v) is 6.75. The Bertz CT molecular complexity index is 166. The molecule has 2 N–H and O–H groups in total. The molecule has 0 spiro atoms. The minimum absolute atomic E-state index is 0.0700. The number of carbonyl (C=O) groups excluding carboxylic acids is 1. The van der Waals surface area contributed by atoms with E-state index >= 15 is 0 Å². The molecule has 2 heteroatoms. The summed E-state index contributed by atoms with van der Waals surface area (Å²) in [6, 6.07) is 0. The second-order valence-corrected chi connectivity index (χ2v) is 4.02. The monoisotopic (exact) mass is 153 g/mol. The summed E-state index contributed by atoms with van der Waals surface area (Å²) < 4.78 is 0. The number of hydrogen-bond donors (Lipinski definition) is 1. The first kappa shape index (κ1) is 7.14. The van der Waals surface area contributed by atoms with Gasteiger partial charge >= 0.3 is 0 Å². The topological polar surface area (TPSA) is 43.1 Å². The van der Waals surface area contributed by atoms with Crippen LogP contribution >= 0.6 is 0 Å². The lowest BCUT2D eigenvalue weighted by molar-refractivity contribution is -0.121. The lowest BCUT2D eigenvalue weighted by Gasteiger charge is -2.04. The van der Waals surface area contributed by atoms with E-state index in [4.69, 9.17) is 5.73 Å². The Morgan fingerprint density at radius 2 is 1.73 bits per heavy atom. The van der Waals surface area contributed by atoms with Gasteiger partial charge in [-0.05, 0) is 24.7 Å². The van der Waals surface area contributed by atoms with Crippen LogP contribution in [0.4, 0.5) is 0 Å². The van der Waals surface area contributed by atoms with Gasteiger partial charge in [0, 0.05) is 5.92 Å². The third kappa shape index (κ3) is 1.15. The van der Waals surface area contributed by atoms with E-state index in [-0.39, 0.29) is 11.8 Å². The minimum Gasteiger partial charge on any atom is -0.369 e. The molecular formula is C9H15NO. The quantitative estimate of drug-likeness (QED) is 0.606. The molecule has 2 rings (SSSR count). The van der Waals surface area contributed by atoms with Crippen LogP contribution in [0, 0.1) is 17.8 Å². The van der Waals surface area contributed by atoms with Gasteiger partial charge in [0.15, 0.2) is 0 Å². The Morgan fingerprint density at radius 1 is 1.18 bits per heavy atom. The molecule has 2 aliphatic rings. The molecule has 0 aromatic heterocycles. The Hall–Kier alpha value is -0.530. The Morgan fingerprint density at radius 3 is 2.18 bits per heavy atom. The molecule has 2 unspecified atom stereocenters. The normalized spacial score (nSPS) is 42.4. The molecule has 1 amide bonds. The first-order valence-electron chi connectivity index (χ1n) is 4.56. The average molecular weight is 153 g/mol. The molecule has 0 saturated heterocycles. The van der Waals surface area contributed by atoms with Crippen molar-refractivity contribution in [3.8, 4) is 0 Å². The van der Waals surface area contributed by atoms with Crippen molar-refractivity contribution < 1.29 is 4.79 Å². The van der Waals surface area contributed by atoms with Crippen LogP contribution < -0.4 is 5.73 Å². The SMILES string of the molecule is NC(=O)C1CC2CCCC2C1. The van der Waals surface area contributed by atoms with Gasteiger partial charge in [-0.3, -0.25) is 4.79 Å². The van der Waals surface area contributed by atoms with Gasteiger partial charge in [0.05, 0.1) is 0 Å². The lowest BCUT2D eigenvalue weighted by Crippen LogP contribution is -2.21. The molecular weight excluding hydrogens is 138 g/mol. The van der Waals surface area contributed by atoms with Crippen LogP contribution in [0.2, 0.25) is 0 Å². The number of amides is 1. The van der Waals surface area contributed by atoms with Crippen molar-refractivity contribution in [3.63, 3.8) is 0 Å². The summed E-state index contributed by atoms with van der Waals surface area (Å²) in [5.41, 5.74) is 5.26. The van der Waals surface area contributed by atoms with Gasteiger partial charge in [-0.2, -0.15) is 0 Å². The second-order valence-electron chi connectivity index (χ2n) is 4.02. The van der Waals surface area contributed by atoms with Gasteiger partial charge in [0.25, 0.3) is 0 Å². The molecule has 0 bridgehead atoms. The summed E-state index contributed by atoms with van der Waals surface area (Å²) in [4.78, 5) is 10.9. The highest BCUT2D eigenvalue weighted by Gasteiger charge is 2.39. The molecule has 0 aromatic rings. The molecule has 0 heterocycles. The second kappa shape index (κ2) is 2.50.